The van der Waals surface area contributed by atoms with Crippen LogP contribution < -0.4 is 10.5 Å². The van der Waals surface area contributed by atoms with Gasteiger partial charge in [-0.1, -0.05) is 0 Å². The van der Waals surface area contributed by atoms with E-state index in [9.17, 15) is 8.42 Å². The van der Waals surface area contributed by atoms with Crippen LogP contribution in [0.1, 0.15) is 31.9 Å². The fraction of sp³-hybridized carbons (Fsp3) is 0.545. The molecule has 0 atom stereocenters. The highest BCUT2D eigenvalue weighted by atomic mass is 32.2. The van der Waals surface area contributed by atoms with Crippen LogP contribution in [0.4, 0.5) is 0 Å². The molecule has 5 nitrogen and oxygen atoms in total. The van der Waals surface area contributed by atoms with Crippen molar-refractivity contribution in [2.75, 3.05) is 0 Å². The van der Waals surface area contributed by atoms with Crippen LogP contribution in [-0.2, 0) is 16.6 Å². The zero-order valence-electron chi connectivity index (χ0n) is 9.81. The average Bonchev–Trinajstić information content (AvgIpc) is 2.26. The molecule has 0 saturated heterocycles. The number of nitrogens with zero attached hydrogens (tertiary/aromatic N) is 1. The Labute approximate surface area is 101 Å². The van der Waals surface area contributed by atoms with Gasteiger partial charge in [0, 0.05) is 18.3 Å². The van der Waals surface area contributed by atoms with E-state index in [4.69, 9.17) is 5.73 Å². The molecule has 17 heavy (non-hydrogen) atoms. The second-order valence-electron chi connectivity index (χ2n) is 4.67. The molecule has 0 aliphatic heterocycles. The summed E-state index contributed by atoms with van der Waals surface area (Å²) in [6.45, 7) is 2.04. The van der Waals surface area contributed by atoms with Gasteiger partial charge < -0.3 is 5.73 Å². The van der Waals surface area contributed by atoms with Crippen molar-refractivity contribution in [3.05, 3.63) is 24.0 Å². The number of nitrogens with two attached hydrogens (primary N) is 1. The molecule has 0 spiro atoms. The maximum Gasteiger partial charge on any atom is 0.242 e. The van der Waals surface area contributed by atoms with Crippen LogP contribution in [-0.4, -0.2) is 18.9 Å². The maximum absolute atomic E-state index is 12.2. The van der Waals surface area contributed by atoms with Crippen molar-refractivity contribution in [2.45, 2.75) is 43.2 Å². The second-order valence-corrected chi connectivity index (χ2v) is 6.32. The molecule has 94 valence electrons. The van der Waals surface area contributed by atoms with Crippen LogP contribution in [0.5, 0.6) is 0 Å². The van der Waals surface area contributed by atoms with Gasteiger partial charge in [-0.2, -0.15) is 0 Å². The van der Waals surface area contributed by atoms with Crippen molar-refractivity contribution in [3.63, 3.8) is 0 Å². The lowest BCUT2D eigenvalue weighted by Crippen LogP contribution is -2.50. The normalized spacial score (nSPS) is 18.7. The monoisotopic (exact) mass is 255 g/mol. The van der Waals surface area contributed by atoms with Gasteiger partial charge >= 0.3 is 0 Å². The van der Waals surface area contributed by atoms with E-state index in [0.717, 1.165) is 19.3 Å². The van der Waals surface area contributed by atoms with Crippen molar-refractivity contribution in [1.29, 1.82) is 0 Å². The van der Waals surface area contributed by atoms with Crippen molar-refractivity contribution in [1.82, 2.24) is 9.71 Å². The lowest BCUT2D eigenvalue weighted by Gasteiger charge is -2.38. The first-order valence-electron chi connectivity index (χ1n) is 5.65. The molecule has 1 aliphatic carbocycles. The summed E-state index contributed by atoms with van der Waals surface area (Å²) in [6.07, 6.45) is 4.37. The number of nitrogens with one attached hydrogen (secondary N) is 1. The molecule has 1 aromatic heterocycles. The first-order valence-corrected chi connectivity index (χ1v) is 7.13. The number of hydrogen-bond donors (Lipinski definition) is 2. The largest absolute Gasteiger partial charge is 0.325 e. The van der Waals surface area contributed by atoms with Crippen molar-refractivity contribution in [2.24, 2.45) is 5.73 Å². The van der Waals surface area contributed by atoms with Crippen LogP contribution in [0.2, 0.25) is 0 Å². The van der Waals surface area contributed by atoms with Crippen LogP contribution in [0.15, 0.2) is 23.2 Å². The first-order chi connectivity index (χ1) is 7.97. The predicted octanol–water partition coefficient (Wildman–Crippen LogP) is 0.761. The molecule has 3 N–H and O–H groups in total. The smallest absolute Gasteiger partial charge is 0.242 e. The molecule has 1 heterocycles. The van der Waals surface area contributed by atoms with E-state index in [1.54, 1.807) is 18.3 Å². The predicted molar refractivity (Wildman–Crippen MR) is 64.7 cm³/mol. The van der Waals surface area contributed by atoms with E-state index < -0.39 is 10.0 Å². The number of aromatic nitrogens is 1. The fourth-order valence-corrected chi connectivity index (χ4v) is 3.68. The van der Waals surface area contributed by atoms with Gasteiger partial charge in [0.25, 0.3) is 0 Å². The minimum absolute atomic E-state index is 0.119. The molecule has 0 bridgehead atoms. The third-order valence-corrected chi connectivity index (χ3v) is 4.88. The number of rotatable bonds is 4. The highest BCUT2D eigenvalue weighted by molar-refractivity contribution is 7.89. The zero-order valence-corrected chi connectivity index (χ0v) is 10.6. The molecule has 0 radical (unpaired) electrons. The molecule has 1 aliphatic rings. The van der Waals surface area contributed by atoms with Crippen molar-refractivity contribution < 1.29 is 8.42 Å². The van der Waals surface area contributed by atoms with Crippen LogP contribution in [0, 0.1) is 0 Å². The quantitative estimate of drug-likeness (QED) is 0.832. The summed E-state index contributed by atoms with van der Waals surface area (Å²) >= 11 is 0. The standard InChI is InChI=1S/C11H17N3O2S/c1-11(5-3-6-11)14-17(15,16)10-4-2-7-13-9(10)8-12/h2,4,7,14H,3,5-6,8,12H2,1H3. The molecular formula is C11H17N3O2S. The van der Waals surface area contributed by atoms with Gasteiger partial charge in [0.15, 0.2) is 0 Å². The number of sulfonamides is 1. The lowest BCUT2D eigenvalue weighted by atomic mass is 9.80. The van der Waals surface area contributed by atoms with E-state index in [2.05, 4.69) is 9.71 Å². The molecule has 0 amide bonds. The number of pyridine rings is 1. The zero-order chi connectivity index (χ0) is 12.5. The Morgan fingerprint density at radius 2 is 2.24 bits per heavy atom. The summed E-state index contributed by atoms with van der Waals surface area (Å²) in [4.78, 5) is 4.18. The molecule has 2 rings (SSSR count). The Balaban J connectivity index is 2.31. The summed E-state index contributed by atoms with van der Waals surface area (Å²) in [6, 6.07) is 3.15. The van der Waals surface area contributed by atoms with Crippen molar-refractivity contribution >= 4 is 10.0 Å². The Hall–Kier alpha value is -0.980. The molecule has 0 aromatic carbocycles. The van der Waals surface area contributed by atoms with E-state index in [1.807, 2.05) is 6.92 Å². The van der Waals surface area contributed by atoms with Gasteiger partial charge in [-0.3, -0.25) is 4.98 Å². The fourth-order valence-electron chi connectivity index (χ4n) is 2.01. The van der Waals surface area contributed by atoms with E-state index in [1.165, 1.54) is 0 Å². The third kappa shape index (κ3) is 2.48. The molecular weight excluding hydrogens is 238 g/mol. The average molecular weight is 255 g/mol. The Morgan fingerprint density at radius 3 is 2.76 bits per heavy atom. The maximum atomic E-state index is 12.2. The summed E-state index contributed by atoms with van der Waals surface area (Å²) < 4.78 is 27.2. The molecule has 1 saturated carbocycles. The minimum Gasteiger partial charge on any atom is -0.325 e. The Morgan fingerprint density at radius 1 is 1.53 bits per heavy atom. The van der Waals surface area contributed by atoms with Gasteiger partial charge in [0.05, 0.1) is 5.69 Å². The van der Waals surface area contributed by atoms with E-state index in [-0.39, 0.29) is 17.0 Å². The summed E-state index contributed by atoms with van der Waals surface area (Å²) in [7, 11) is -3.51. The van der Waals surface area contributed by atoms with Gasteiger partial charge in [-0.25, -0.2) is 13.1 Å². The van der Waals surface area contributed by atoms with E-state index in [0.29, 0.717) is 5.69 Å². The molecule has 1 fully saturated rings. The molecule has 1 aromatic rings. The summed E-state index contributed by atoms with van der Waals surface area (Å²) in [5, 5.41) is 0. The first kappa shape index (κ1) is 12.5. The van der Waals surface area contributed by atoms with Gasteiger partial charge in [-0.05, 0) is 38.3 Å². The van der Waals surface area contributed by atoms with Crippen LogP contribution in [0.3, 0.4) is 0 Å². The van der Waals surface area contributed by atoms with Crippen LogP contribution in [0.25, 0.3) is 0 Å². The van der Waals surface area contributed by atoms with Crippen molar-refractivity contribution in [3.8, 4) is 0 Å². The SMILES string of the molecule is CC1(NS(=O)(=O)c2cccnc2CN)CCC1. The van der Waals surface area contributed by atoms with Gasteiger partial charge in [0.1, 0.15) is 4.90 Å². The van der Waals surface area contributed by atoms with Gasteiger partial charge in [0.2, 0.25) is 10.0 Å². The van der Waals surface area contributed by atoms with Gasteiger partial charge in [-0.15, -0.1) is 0 Å². The van der Waals surface area contributed by atoms with Crippen LogP contribution >= 0.6 is 0 Å². The molecule has 6 heteroatoms. The Kier molecular flexibility index (Phi) is 3.20. The minimum atomic E-state index is -3.51. The third-order valence-electron chi connectivity index (χ3n) is 3.17. The summed E-state index contributed by atoms with van der Waals surface area (Å²) in [5.74, 6) is 0. The highest BCUT2D eigenvalue weighted by Gasteiger charge is 2.36. The summed E-state index contributed by atoms with van der Waals surface area (Å²) in [5.41, 5.74) is 5.60. The second kappa shape index (κ2) is 4.36. The molecule has 0 unspecified atom stereocenters. The highest BCUT2D eigenvalue weighted by Crippen LogP contribution is 2.32. The van der Waals surface area contributed by atoms with E-state index >= 15 is 0 Å². The topological polar surface area (TPSA) is 85.1 Å². The number of hydrogen-bond acceptors (Lipinski definition) is 4. The Bertz CT molecular complexity index is 509. The lowest BCUT2D eigenvalue weighted by molar-refractivity contribution is 0.248.